The molecule has 0 saturated carbocycles. The number of benzene rings is 1. The summed E-state index contributed by atoms with van der Waals surface area (Å²) >= 11 is 1.52. The van der Waals surface area contributed by atoms with E-state index in [9.17, 15) is 14.4 Å². The van der Waals surface area contributed by atoms with Crippen molar-refractivity contribution in [2.24, 2.45) is 0 Å². The van der Waals surface area contributed by atoms with Crippen LogP contribution in [0.15, 0.2) is 29.6 Å². The van der Waals surface area contributed by atoms with E-state index in [0.717, 1.165) is 57.1 Å². The summed E-state index contributed by atoms with van der Waals surface area (Å²) < 4.78 is 10.5. The van der Waals surface area contributed by atoms with E-state index in [0.29, 0.717) is 36.6 Å². The minimum absolute atomic E-state index is 0.0107. The van der Waals surface area contributed by atoms with Crippen molar-refractivity contribution in [3.63, 3.8) is 0 Å². The minimum Gasteiger partial charge on any atom is -0.497 e. The first kappa shape index (κ1) is 27.2. The van der Waals surface area contributed by atoms with Crippen molar-refractivity contribution in [3.8, 4) is 5.75 Å². The molecule has 2 aliphatic heterocycles. The van der Waals surface area contributed by atoms with E-state index in [2.05, 4.69) is 15.2 Å². The lowest BCUT2D eigenvalue weighted by molar-refractivity contribution is -0.132. The summed E-state index contributed by atoms with van der Waals surface area (Å²) in [7, 11) is 1.58. The van der Waals surface area contributed by atoms with E-state index in [1.54, 1.807) is 31.4 Å². The highest BCUT2D eigenvalue weighted by Gasteiger charge is 2.26. The summed E-state index contributed by atoms with van der Waals surface area (Å²) in [5.41, 5.74) is 1.06. The van der Waals surface area contributed by atoms with Crippen molar-refractivity contribution in [2.45, 2.75) is 38.0 Å². The van der Waals surface area contributed by atoms with E-state index in [4.69, 9.17) is 9.47 Å². The van der Waals surface area contributed by atoms with Crippen LogP contribution in [-0.4, -0.2) is 92.0 Å². The predicted octanol–water partition coefficient (Wildman–Crippen LogP) is 2.97. The maximum absolute atomic E-state index is 12.7. The topological polar surface area (TPSA) is 101 Å². The number of piperidine rings is 1. The van der Waals surface area contributed by atoms with Gasteiger partial charge in [0.05, 0.1) is 25.3 Å². The molecule has 4 rings (SSSR count). The quantitative estimate of drug-likeness (QED) is 0.353. The van der Waals surface area contributed by atoms with Gasteiger partial charge in [0.1, 0.15) is 11.4 Å². The fourth-order valence-corrected chi connectivity index (χ4v) is 5.65. The number of amides is 2. The minimum atomic E-state index is -0.126. The average molecular weight is 529 g/mol. The Bertz CT molecular complexity index is 1040. The number of carbonyl (C=O) groups excluding carboxylic acids is 3. The predicted molar refractivity (Wildman–Crippen MR) is 141 cm³/mol. The first-order valence-corrected chi connectivity index (χ1v) is 13.9. The van der Waals surface area contributed by atoms with Gasteiger partial charge < -0.3 is 19.7 Å². The van der Waals surface area contributed by atoms with Gasteiger partial charge >= 0.3 is 0 Å². The molecule has 2 aromatic rings. The molecule has 0 unspecified atom stereocenters. The van der Waals surface area contributed by atoms with Crippen LogP contribution in [0.1, 0.15) is 63.9 Å². The Morgan fingerprint density at radius 3 is 2.51 bits per heavy atom. The maximum Gasteiger partial charge on any atom is 0.270 e. The third-order valence-electron chi connectivity index (χ3n) is 6.97. The van der Waals surface area contributed by atoms with Gasteiger partial charge in [-0.2, -0.15) is 0 Å². The first-order chi connectivity index (χ1) is 18.0. The number of nitrogens with zero attached hydrogens (tertiary/aromatic N) is 3. The smallest absolute Gasteiger partial charge is 0.270 e. The zero-order valence-corrected chi connectivity index (χ0v) is 22.3. The number of aromatic nitrogens is 1. The van der Waals surface area contributed by atoms with E-state index in [1.807, 2.05) is 10.3 Å². The second-order valence-corrected chi connectivity index (χ2v) is 10.3. The van der Waals surface area contributed by atoms with Crippen molar-refractivity contribution >= 4 is 28.9 Å². The Morgan fingerprint density at radius 1 is 1.08 bits per heavy atom. The summed E-state index contributed by atoms with van der Waals surface area (Å²) in [6.07, 6.45) is 2.94. The average Bonchev–Trinajstić information content (AvgIpc) is 3.45. The Kier molecular flexibility index (Phi) is 10.0. The van der Waals surface area contributed by atoms with Crippen molar-refractivity contribution < 1.29 is 23.9 Å². The second kappa shape index (κ2) is 13.6. The molecule has 2 fully saturated rings. The van der Waals surface area contributed by atoms with E-state index < -0.39 is 0 Å². The zero-order valence-electron chi connectivity index (χ0n) is 21.4. The number of thiazole rings is 1. The number of ether oxygens (including phenoxy) is 2. The van der Waals surface area contributed by atoms with E-state index >= 15 is 0 Å². The molecule has 2 amide bonds. The van der Waals surface area contributed by atoms with Crippen LogP contribution < -0.4 is 10.1 Å². The Balaban J connectivity index is 1.15. The molecule has 200 valence electrons. The van der Waals surface area contributed by atoms with Gasteiger partial charge in [-0.3, -0.25) is 19.3 Å². The van der Waals surface area contributed by atoms with Crippen LogP contribution in [0.25, 0.3) is 0 Å². The maximum atomic E-state index is 12.7. The summed E-state index contributed by atoms with van der Waals surface area (Å²) in [4.78, 5) is 46.4. The molecule has 0 aliphatic carbocycles. The Morgan fingerprint density at radius 2 is 1.81 bits per heavy atom. The van der Waals surface area contributed by atoms with Crippen LogP contribution in [-0.2, 0) is 9.53 Å². The summed E-state index contributed by atoms with van der Waals surface area (Å²) in [5, 5.41) is 5.76. The molecule has 2 saturated heterocycles. The SMILES string of the molecule is COc1ccc(C(=O)CCC(=O)N2CCC(c3nc(C(=O)NCCCN4CCOCC4)cs3)CC2)cc1. The van der Waals surface area contributed by atoms with Crippen LogP contribution in [0.5, 0.6) is 5.75 Å². The van der Waals surface area contributed by atoms with Gasteiger partial charge in [-0.25, -0.2) is 4.98 Å². The molecule has 9 nitrogen and oxygen atoms in total. The molecule has 1 N–H and O–H groups in total. The number of ketones is 1. The third-order valence-corrected chi connectivity index (χ3v) is 7.98. The first-order valence-electron chi connectivity index (χ1n) is 13.0. The molecule has 3 heterocycles. The number of likely N-dealkylation sites (tertiary alicyclic amines) is 1. The van der Waals surface area contributed by atoms with Gasteiger partial charge in [0.15, 0.2) is 5.78 Å². The third kappa shape index (κ3) is 7.83. The molecule has 0 spiro atoms. The van der Waals surface area contributed by atoms with E-state index in [-0.39, 0.29) is 36.4 Å². The highest BCUT2D eigenvalue weighted by atomic mass is 32.1. The number of Topliss-reactive ketones (excluding diaryl/α,β-unsaturated/α-hetero) is 1. The van der Waals surface area contributed by atoms with Crippen molar-refractivity contribution in [3.05, 3.63) is 45.9 Å². The normalized spacial score (nSPS) is 16.9. The number of hydrogen-bond donors (Lipinski definition) is 1. The van der Waals surface area contributed by atoms with Crippen molar-refractivity contribution in [1.29, 1.82) is 0 Å². The monoisotopic (exact) mass is 528 g/mol. The largest absolute Gasteiger partial charge is 0.497 e. The Hall–Kier alpha value is -2.82. The molecular formula is C27H36N4O5S. The van der Waals surface area contributed by atoms with Gasteiger partial charge in [-0.05, 0) is 50.1 Å². The molecule has 1 aromatic carbocycles. The van der Waals surface area contributed by atoms with Crippen LogP contribution >= 0.6 is 11.3 Å². The molecule has 10 heteroatoms. The zero-order chi connectivity index (χ0) is 26.0. The molecule has 2 aliphatic rings. The standard InChI is InChI=1S/C27H36N4O5S/c1-35-22-5-3-20(4-6-22)24(32)7-8-25(33)31-13-9-21(10-14-31)27-29-23(19-37-27)26(34)28-11-2-12-30-15-17-36-18-16-30/h3-6,19,21H,2,7-18H2,1H3,(H,28,34). The second-order valence-electron chi connectivity index (χ2n) is 9.44. The van der Waals surface area contributed by atoms with Gasteiger partial charge in [-0.1, -0.05) is 0 Å². The molecule has 0 bridgehead atoms. The number of nitrogens with one attached hydrogen (secondary N) is 1. The fraction of sp³-hybridized carbons (Fsp3) is 0.556. The van der Waals surface area contributed by atoms with Gasteiger partial charge in [-0.15, -0.1) is 11.3 Å². The summed E-state index contributed by atoms with van der Waals surface area (Å²) in [6.45, 7) is 6.34. The van der Waals surface area contributed by atoms with E-state index in [1.165, 1.54) is 11.3 Å². The van der Waals surface area contributed by atoms with Gasteiger partial charge in [0.2, 0.25) is 5.91 Å². The van der Waals surface area contributed by atoms with Gasteiger partial charge in [0, 0.05) is 62.4 Å². The van der Waals surface area contributed by atoms with Crippen molar-refractivity contribution in [2.75, 3.05) is 59.6 Å². The lowest BCUT2D eigenvalue weighted by Gasteiger charge is -2.31. The number of rotatable bonds is 11. The lowest BCUT2D eigenvalue weighted by Crippen LogP contribution is -2.38. The van der Waals surface area contributed by atoms with Crippen LogP contribution in [0.3, 0.4) is 0 Å². The molecule has 1 aromatic heterocycles. The molecule has 0 radical (unpaired) electrons. The fourth-order valence-electron chi connectivity index (χ4n) is 4.67. The Labute approximate surface area is 222 Å². The summed E-state index contributed by atoms with van der Waals surface area (Å²) in [5.74, 6) is 0.789. The molecular weight excluding hydrogens is 492 g/mol. The van der Waals surface area contributed by atoms with Crippen molar-refractivity contribution in [1.82, 2.24) is 20.1 Å². The van der Waals surface area contributed by atoms with Crippen LogP contribution in [0.2, 0.25) is 0 Å². The lowest BCUT2D eigenvalue weighted by atomic mass is 9.97. The number of methoxy groups -OCH3 is 1. The number of morpholine rings is 1. The number of hydrogen-bond acceptors (Lipinski definition) is 8. The van der Waals surface area contributed by atoms with Crippen LogP contribution in [0.4, 0.5) is 0 Å². The molecule has 37 heavy (non-hydrogen) atoms. The van der Waals surface area contributed by atoms with Gasteiger partial charge in [0.25, 0.3) is 5.91 Å². The number of carbonyl (C=O) groups is 3. The van der Waals surface area contributed by atoms with Crippen LogP contribution in [0, 0.1) is 0 Å². The molecule has 0 atom stereocenters. The summed E-state index contributed by atoms with van der Waals surface area (Å²) in [6, 6.07) is 6.96. The highest BCUT2D eigenvalue weighted by Crippen LogP contribution is 2.30. The highest BCUT2D eigenvalue weighted by molar-refractivity contribution is 7.09.